The molecule has 2 aromatic carbocycles. The SMILES string of the molecule is C[C@]1(c2cccc(NC(=O)CCc3ncc(-c4ccccc4F)o3)c2)NC(=O)NC1=O. The van der Waals surface area contributed by atoms with E-state index in [2.05, 4.69) is 20.9 Å². The lowest BCUT2D eigenvalue weighted by Gasteiger charge is -2.21. The molecule has 1 atom stereocenters. The zero-order valence-corrected chi connectivity index (χ0v) is 16.6. The Kier molecular flexibility index (Phi) is 5.24. The van der Waals surface area contributed by atoms with Crippen molar-refractivity contribution in [1.82, 2.24) is 15.6 Å². The van der Waals surface area contributed by atoms with Crippen LogP contribution in [0.2, 0.25) is 0 Å². The highest BCUT2D eigenvalue weighted by atomic mass is 19.1. The molecule has 8 nitrogen and oxygen atoms in total. The number of urea groups is 1. The minimum Gasteiger partial charge on any atom is -0.441 e. The molecule has 0 spiro atoms. The van der Waals surface area contributed by atoms with Crippen molar-refractivity contribution < 1.29 is 23.2 Å². The number of rotatable bonds is 6. The molecule has 0 aliphatic carbocycles. The van der Waals surface area contributed by atoms with E-state index in [0.29, 0.717) is 28.5 Å². The molecular formula is C22H19FN4O4. The van der Waals surface area contributed by atoms with Crippen molar-refractivity contribution >= 4 is 23.5 Å². The summed E-state index contributed by atoms with van der Waals surface area (Å²) in [6.07, 6.45) is 1.75. The van der Waals surface area contributed by atoms with E-state index in [1.165, 1.54) is 12.3 Å². The number of anilines is 1. The van der Waals surface area contributed by atoms with Crippen molar-refractivity contribution in [2.75, 3.05) is 5.32 Å². The van der Waals surface area contributed by atoms with Gasteiger partial charge in [0.2, 0.25) is 5.91 Å². The highest BCUT2D eigenvalue weighted by Crippen LogP contribution is 2.27. The van der Waals surface area contributed by atoms with Crippen LogP contribution in [0, 0.1) is 5.82 Å². The molecule has 1 aromatic heterocycles. The summed E-state index contributed by atoms with van der Waals surface area (Å²) in [4.78, 5) is 40.1. The van der Waals surface area contributed by atoms with Gasteiger partial charge in [-0.15, -0.1) is 0 Å². The average molecular weight is 422 g/mol. The molecule has 9 heteroatoms. The van der Waals surface area contributed by atoms with Gasteiger partial charge in [0.25, 0.3) is 5.91 Å². The summed E-state index contributed by atoms with van der Waals surface area (Å²) in [5, 5.41) is 7.54. The summed E-state index contributed by atoms with van der Waals surface area (Å²) < 4.78 is 19.4. The molecule has 2 heterocycles. The molecule has 1 fully saturated rings. The van der Waals surface area contributed by atoms with E-state index in [0.717, 1.165) is 0 Å². The highest BCUT2D eigenvalue weighted by molar-refractivity contribution is 6.07. The Morgan fingerprint density at radius 3 is 2.74 bits per heavy atom. The summed E-state index contributed by atoms with van der Waals surface area (Å²) in [5.41, 5.74) is 0.117. The summed E-state index contributed by atoms with van der Waals surface area (Å²) in [6.45, 7) is 1.59. The fourth-order valence-electron chi connectivity index (χ4n) is 3.31. The lowest BCUT2D eigenvalue weighted by molar-refractivity contribution is -0.123. The van der Waals surface area contributed by atoms with Gasteiger partial charge in [-0.05, 0) is 36.8 Å². The maximum Gasteiger partial charge on any atom is 0.322 e. The third-order valence-electron chi connectivity index (χ3n) is 5.03. The van der Waals surface area contributed by atoms with E-state index < -0.39 is 23.3 Å². The van der Waals surface area contributed by atoms with Crippen LogP contribution in [-0.2, 0) is 21.5 Å². The molecular weight excluding hydrogens is 403 g/mol. The molecule has 0 saturated carbocycles. The molecule has 31 heavy (non-hydrogen) atoms. The van der Waals surface area contributed by atoms with Crippen LogP contribution in [0.4, 0.5) is 14.9 Å². The Balaban J connectivity index is 1.39. The second kappa shape index (κ2) is 8.02. The minimum absolute atomic E-state index is 0.0932. The number of hydrogen-bond donors (Lipinski definition) is 3. The predicted octanol–water partition coefficient (Wildman–Crippen LogP) is 3.11. The second-order valence-electron chi connectivity index (χ2n) is 7.26. The summed E-state index contributed by atoms with van der Waals surface area (Å²) >= 11 is 0. The van der Waals surface area contributed by atoms with Gasteiger partial charge >= 0.3 is 6.03 Å². The van der Waals surface area contributed by atoms with Crippen LogP contribution in [0.15, 0.2) is 59.1 Å². The number of carbonyl (C=O) groups excluding carboxylic acids is 3. The maximum absolute atomic E-state index is 13.9. The summed E-state index contributed by atoms with van der Waals surface area (Å²) in [7, 11) is 0. The predicted molar refractivity (Wildman–Crippen MR) is 109 cm³/mol. The zero-order valence-electron chi connectivity index (χ0n) is 16.6. The molecule has 4 rings (SSSR count). The van der Waals surface area contributed by atoms with Gasteiger partial charge in [0.05, 0.1) is 11.8 Å². The average Bonchev–Trinajstić information content (AvgIpc) is 3.31. The number of aromatic nitrogens is 1. The monoisotopic (exact) mass is 422 g/mol. The highest BCUT2D eigenvalue weighted by Gasteiger charge is 2.43. The van der Waals surface area contributed by atoms with E-state index in [1.807, 2.05) is 0 Å². The van der Waals surface area contributed by atoms with E-state index in [1.54, 1.807) is 49.4 Å². The Labute approximate surface area is 176 Å². The zero-order chi connectivity index (χ0) is 22.0. The first-order valence-electron chi connectivity index (χ1n) is 9.59. The van der Waals surface area contributed by atoms with Crippen molar-refractivity contribution in [2.45, 2.75) is 25.3 Å². The van der Waals surface area contributed by atoms with Crippen LogP contribution in [0.1, 0.15) is 24.8 Å². The molecule has 158 valence electrons. The third kappa shape index (κ3) is 4.16. The van der Waals surface area contributed by atoms with Gasteiger partial charge in [0, 0.05) is 18.5 Å². The first kappa shape index (κ1) is 20.3. The molecule has 0 radical (unpaired) electrons. The first-order valence-corrected chi connectivity index (χ1v) is 9.59. The number of carbonyl (C=O) groups is 3. The molecule has 1 aliphatic heterocycles. The smallest absolute Gasteiger partial charge is 0.322 e. The van der Waals surface area contributed by atoms with Gasteiger partial charge in [-0.3, -0.25) is 14.9 Å². The second-order valence-corrected chi connectivity index (χ2v) is 7.26. The Morgan fingerprint density at radius 1 is 1.19 bits per heavy atom. The fraction of sp³-hybridized carbons (Fsp3) is 0.182. The van der Waals surface area contributed by atoms with E-state index in [9.17, 15) is 18.8 Å². The number of nitrogens with one attached hydrogen (secondary N) is 3. The lowest BCUT2D eigenvalue weighted by atomic mass is 9.92. The Bertz CT molecular complexity index is 1180. The van der Waals surface area contributed by atoms with Crippen molar-refractivity contribution in [2.24, 2.45) is 0 Å². The summed E-state index contributed by atoms with van der Waals surface area (Å²) in [5.74, 6) is -0.543. The van der Waals surface area contributed by atoms with E-state index in [4.69, 9.17) is 4.42 Å². The maximum atomic E-state index is 13.9. The van der Waals surface area contributed by atoms with Crippen LogP contribution in [0.25, 0.3) is 11.3 Å². The molecule has 0 unspecified atom stereocenters. The number of halogens is 1. The number of imide groups is 1. The molecule has 0 bridgehead atoms. The number of aryl methyl sites for hydroxylation is 1. The number of nitrogens with zero attached hydrogens (tertiary/aromatic N) is 1. The van der Waals surface area contributed by atoms with Crippen LogP contribution in [0.5, 0.6) is 0 Å². The summed E-state index contributed by atoms with van der Waals surface area (Å²) in [6, 6.07) is 12.3. The quantitative estimate of drug-likeness (QED) is 0.529. The van der Waals surface area contributed by atoms with Crippen molar-refractivity contribution in [3.63, 3.8) is 0 Å². The van der Waals surface area contributed by atoms with E-state index in [-0.39, 0.29) is 18.7 Å². The van der Waals surface area contributed by atoms with Crippen molar-refractivity contribution in [3.05, 3.63) is 72.0 Å². The van der Waals surface area contributed by atoms with Crippen molar-refractivity contribution in [3.8, 4) is 11.3 Å². The molecule has 3 N–H and O–H groups in total. The van der Waals surface area contributed by atoms with Gasteiger partial charge in [0.1, 0.15) is 11.4 Å². The van der Waals surface area contributed by atoms with Crippen LogP contribution in [-0.4, -0.2) is 22.8 Å². The minimum atomic E-state index is -1.21. The topological polar surface area (TPSA) is 113 Å². The normalized spacial score (nSPS) is 17.9. The Morgan fingerprint density at radius 2 is 2.00 bits per heavy atom. The van der Waals surface area contributed by atoms with Gasteiger partial charge in [-0.1, -0.05) is 24.3 Å². The van der Waals surface area contributed by atoms with Gasteiger partial charge < -0.3 is 15.1 Å². The molecule has 1 aliphatic rings. The fourth-order valence-corrected chi connectivity index (χ4v) is 3.31. The molecule has 3 aromatic rings. The number of hydrogen-bond acceptors (Lipinski definition) is 5. The lowest BCUT2D eigenvalue weighted by Crippen LogP contribution is -2.40. The van der Waals surface area contributed by atoms with Crippen LogP contribution < -0.4 is 16.0 Å². The number of oxazole rings is 1. The standard InChI is InChI=1S/C22H19FN4O4/c1-22(20(29)26-21(30)27-22)13-5-4-6-14(11-13)25-18(28)9-10-19-24-12-17(31-19)15-7-2-3-8-16(15)23/h2-8,11-12H,9-10H2,1H3,(H,25,28)(H2,26,27,29,30)/t22-/m1/s1. The van der Waals surface area contributed by atoms with Gasteiger partial charge in [-0.2, -0.15) is 0 Å². The van der Waals surface area contributed by atoms with Crippen LogP contribution in [0.3, 0.4) is 0 Å². The van der Waals surface area contributed by atoms with Crippen molar-refractivity contribution in [1.29, 1.82) is 0 Å². The van der Waals surface area contributed by atoms with Gasteiger partial charge in [-0.25, -0.2) is 14.2 Å². The third-order valence-corrected chi connectivity index (χ3v) is 5.03. The Hall–Kier alpha value is -4.01. The molecule has 1 saturated heterocycles. The first-order chi connectivity index (χ1) is 14.8. The number of amides is 4. The van der Waals surface area contributed by atoms with E-state index >= 15 is 0 Å². The number of benzene rings is 2. The largest absolute Gasteiger partial charge is 0.441 e. The van der Waals surface area contributed by atoms with Gasteiger partial charge in [0.15, 0.2) is 11.7 Å². The van der Waals surface area contributed by atoms with Crippen LogP contribution >= 0.6 is 0 Å². The molecule has 4 amide bonds.